The van der Waals surface area contributed by atoms with E-state index in [0.29, 0.717) is 5.69 Å². The summed E-state index contributed by atoms with van der Waals surface area (Å²) in [5.41, 5.74) is 2.34. The molecule has 20 heavy (non-hydrogen) atoms. The van der Waals surface area contributed by atoms with Gasteiger partial charge in [-0.25, -0.2) is 4.39 Å². The van der Waals surface area contributed by atoms with Crippen LogP contribution in [0.3, 0.4) is 0 Å². The van der Waals surface area contributed by atoms with Gasteiger partial charge in [0.2, 0.25) is 0 Å². The second kappa shape index (κ2) is 4.96. The molecule has 1 aliphatic heterocycles. The number of hydrogen-bond donors (Lipinski definition) is 0. The first-order chi connectivity index (χ1) is 9.65. The fourth-order valence-electron chi connectivity index (χ4n) is 2.38. The maximum atomic E-state index is 14.3. The van der Waals surface area contributed by atoms with Gasteiger partial charge >= 0.3 is 0 Å². The lowest BCUT2D eigenvalue weighted by atomic mass is 10.2. The quantitative estimate of drug-likeness (QED) is 0.813. The van der Waals surface area contributed by atoms with E-state index in [1.807, 2.05) is 61.6 Å². The molecule has 2 heterocycles. The van der Waals surface area contributed by atoms with Crippen LogP contribution in [0.1, 0.15) is 13.8 Å². The van der Waals surface area contributed by atoms with Crippen LogP contribution in [0.25, 0.3) is 5.69 Å². The number of hydrogen-bond acceptors (Lipinski definition) is 2. The van der Waals surface area contributed by atoms with Gasteiger partial charge in [0.25, 0.3) is 0 Å². The summed E-state index contributed by atoms with van der Waals surface area (Å²) < 4.78 is 16.0. The van der Waals surface area contributed by atoms with Crippen molar-refractivity contribution in [3.63, 3.8) is 0 Å². The maximum absolute atomic E-state index is 14.3. The lowest BCUT2D eigenvalue weighted by Crippen LogP contribution is -2.29. The number of aromatic nitrogens is 1. The normalized spacial score (nSPS) is 18.2. The number of allylic oxidation sites excluding steroid dienone is 1. The number of aliphatic imine (C=N–C) groups is 1. The molecule has 3 nitrogen and oxygen atoms in total. The Balaban J connectivity index is 1.94. The van der Waals surface area contributed by atoms with Gasteiger partial charge in [-0.1, -0.05) is 0 Å². The van der Waals surface area contributed by atoms with Crippen LogP contribution in [-0.4, -0.2) is 16.4 Å². The lowest BCUT2D eigenvalue weighted by Gasteiger charge is -2.28. The van der Waals surface area contributed by atoms with E-state index in [0.717, 1.165) is 11.4 Å². The molecule has 0 spiro atoms. The summed E-state index contributed by atoms with van der Waals surface area (Å²) in [5, 5.41) is 0. The van der Waals surface area contributed by atoms with Crippen LogP contribution in [0.4, 0.5) is 10.1 Å². The third-order valence-corrected chi connectivity index (χ3v) is 3.38. The fraction of sp³-hybridized carbons (Fsp3) is 0.188. The number of nitrogens with zero attached hydrogens (tertiary/aromatic N) is 3. The first kappa shape index (κ1) is 12.7. The molecule has 0 radical (unpaired) electrons. The Kier molecular flexibility index (Phi) is 3.14. The Bertz CT molecular complexity index is 671. The van der Waals surface area contributed by atoms with Gasteiger partial charge in [-0.05, 0) is 50.3 Å². The number of halogens is 1. The Morgan fingerprint density at radius 1 is 1.20 bits per heavy atom. The molecular weight excluding hydrogens is 253 g/mol. The molecule has 1 unspecified atom stereocenters. The molecule has 102 valence electrons. The van der Waals surface area contributed by atoms with Gasteiger partial charge < -0.3 is 9.47 Å². The van der Waals surface area contributed by atoms with Crippen molar-refractivity contribution in [1.29, 1.82) is 0 Å². The molecule has 3 rings (SSSR count). The van der Waals surface area contributed by atoms with Crippen molar-refractivity contribution in [2.24, 2.45) is 4.99 Å². The largest absolute Gasteiger partial charge is 0.325 e. The molecule has 1 atom stereocenters. The third-order valence-electron chi connectivity index (χ3n) is 3.38. The second-order valence-corrected chi connectivity index (χ2v) is 4.85. The third kappa shape index (κ3) is 2.25. The van der Waals surface area contributed by atoms with E-state index < -0.39 is 0 Å². The highest BCUT2D eigenvalue weighted by atomic mass is 19.1. The van der Waals surface area contributed by atoms with Crippen molar-refractivity contribution in [2.45, 2.75) is 20.0 Å². The highest BCUT2D eigenvalue weighted by Gasteiger charge is 2.16. The summed E-state index contributed by atoms with van der Waals surface area (Å²) >= 11 is 0. The summed E-state index contributed by atoms with van der Waals surface area (Å²) in [6, 6.07) is 9.00. The van der Waals surface area contributed by atoms with Crippen LogP contribution in [-0.2, 0) is 0 Å². The van der Waals surface area contributed by atoms with Crippen LogP contribution in [0.5, 0.6) is 0 Å². The van der Waals surface area contributed by atoms with Crippen LogP contribution in [0.2, 0.25) is 0 Å². The van der Waals surface area contributed by atoms with Gasteiger partial charge in [0.1, 0.15) is 12.0 Å². The van der Waals surface area contributed by atoms with Crippen LogP contribution < -0.4 is 4.90 Å². The van der Waals surface area contributed by atoms with E-state index >= 15 is 0 Å². The average molecular weight is 269 g/mol. The van der Waals surface area contributed by atoms with Gasteiger partial charge in [-0.2, -0.15) is 0 Å². The van der Waals surface area contributed by atoms with Gasteiger partial charge in [-0.3, -0.25) is 4.99 Å². The Labute approximate surface area is 117 Å². The first-order valence-electron chi connectivity index (χ1n) is 6.59. The Morgan fingerprint density at radius 2 is 1.95 bits per heavy atom. The molecule has 0 amide bonds. The summed E-state index contributed by atoms with van der Waals surface area (Å²) in [6.45, 7) is 3.95. The minimum absolute atomic E-state index is 0.0168. The van der Waals surface area contributed by atoms with Gasteiger partial charge in [-0.15, -0.1) is 0 Å². The van der Waals surface area contributed by atoms with Crippen LogP contribution >= 0.6 is 0 Å². The van der Waals surface area contributed by atoms with E-state index in [4.69, 9.17) is 0 Å². The molecule has 0 bridgehead atoms. The van der Waals surface area contributed by atoms with E-state index in [1.165, 1.54) is 0 Å². The molecule has 0 N–H and O–H groups in total. The van der Waals surface area contributed by atoms with Crippen molar-refractivity contribution in [3.05, 3.63) is 60.8 Å². The van der Waals surface area contributed by atoms with E-state index in [-0.39, 0.29) is 12.0 Å². The molecular formula is C16H16FN3. The SMILES string of the molecule is CC1=NC(C)N(c2ccc(-n3cccc3)c(F)c2)C=C1. The lowest BCUT2D eigenvalue weighted by molar-refractivity contribution is 0.616. The summed E-state index contributed by atoms with van der Waals surface area (Å²) in [4.78, 5) is 6.42. The Morgan fingerprint density at radius 3 is 2.60 bits per heavy atom. The summed E-state index contributed by atoms with van der Waals surface area (Å²) in [6.07, 6.45) is 7.51. The highest BCUT2D eigenvalue weighted by molar-refractivity contribution is 5.94. The fourth-order valence-corrected chi connectivity index (χ4v) is 2.38. The smallest absolute Gasteiger partial charge is 0.149 e. The maximum Gasteiger partial charge on any atom is 0.149 e. The molecule has 1 aliphatic rings. The van der Waals surface area contributed by atoms with Crippen molar-refractivity contribution < 1.29 is 4.39 Å². The molecule has 0 fully saturated rings. The van der Waals surface area contributed by atoms with Crippen molar-refractivity contribution >= 4 is 11.4 Å². The Hall–Kier alpha value is -2.36. The molecule has 1 aromatic heterocycles. The van der Waals surface area contributed by atoms with E-state index in [2.05, 4.69) is 4.99 Å². The van der Waals surface area contributed by atoms with Crippen molar-refractivity contribution in [3.8, 4) is 5.69 Å². The molecule has 0 saturated heterocycles. The van der Waals surface area contributed by atoms with Gasteiger partial charge in [0.05, 0.1) is 5.69 Å². The molecule has 0 aliphatic carbocycles. The first-order valence-corrected chi connectivity index (χ1v) is 6.59. The molecule has 4 heteroatoms. The monoisotopic (exact) mass is 269 g/mol. The van der Waals surface area contributed by atoms with Gasteiger partial charge in [0, 0.05) is 30.0 Å². The minimum Gasteiger partial charge on any atom is -0.325 e. The predicted molar refractivity (Wildman–Crippen MR) is 79.9 cm³/mol. The zero-order valence-electron chi connectivity index (χ0n) is 11.5. The summed E-state index contributed by atoms with van der Waals surface area (Å²) in [7, 11) is 0. The topological polar surface area (TPSA) is 20.5 Å². The average Bonchev–Trinajstić information content (AvgIpc) is 2.92. The minimum atomic E-state index is -0.245. The van der Waals surface area contributed by atoms with Crippen LogP contribution in [0, 0.1) is 5.82 Å². The number of benzene rings is 1. The number of anilines is 1. The zero-order chi connectivity index (χ0) is 14.1. The molecule has 0 saturated carbocycles. The van der Waals surface area contributed by atoms with Gasteiger partial charge in [0.15, 0.2) is 0 Å². The van der Waals surface area contributed by atoms with Crippen LogP contribution in [0.15, 0.2) is 60.0 Å². The van der Waals surface area contributed by atoms with Crippen molar-refractivity contribution in [2.75, 3.05) is 4.90 Å². The second-order valence-electron chi connectivity index (χ2n) is 4.85. The van der Waals surface area contributed by atoms with E-state index in [1.54, 1.807) is 16.7 Å². The summed E-state index contributed by atoms with van der Waals surface area (Å²) in [5.74, 6) is -0.245. The zero-order valence-corrected chi connectivity index (χ0v) is 11.5. The van der Waals surface area contributed by atoms with Crippen molar-refractivity contribution in [1.82, 2.24) is 4.57 Å². The predicted octanol–water partition coefficient (Wildman–Crippen LogP) is 3.76. The number of rotatable bonds is 2. The highest BCUT2D eigenvalue weighted by Crippen LogP contribution is 2.25. The van der Waals surface area contributed by atoms with E-state index in [9.17, 15) is 4.39 Å². The molecule has 1 aromatic carbocycles. The standard InChI is InChI=1S/C16H16FN3/c1-12-7-10-20(13(2)18-12)14-5-6-16(15(17)11-14)19-8-3-4-9-19/h3-11,13H,1-2H3. The molecule has 2 aromatic rings.